The molecule has 0 spiro atoms. The molecule has 0 heterocycles. The fourth-order valence-corrected chi connectivity index (χ4v) is 0.989. The maximum atomic E-state index is 4.84. The molecule has 0 aromatic heterocycles. The van der Waals surface area contributed by atoms with Gasteiger partial charge in [-0.2, -0.15) is 0 Å². The van der Waals surface area contributed by atoms with E-state index in [1.54, 1.807) is 11.8 Å². The lowest BCUT2D eigenvalue weighted by atomic mass is 10.6. The van der Waals surface area contributed by atoms with Crippen LogP contribution in [0.15, 0.2) is 12.2 Å². The molecule has 0 aromatic rings. The topological polar surface area (TPSA) is 0 Å². The number of allylic oxidation sites excluding steroid dienone is 1. The molecule has 0 aromatic carbocycles. The first kappa shape index (κ1) is 8.18. The fraction of sp³-hybridized carbons (Fsp3) is 0.500. The van der Waals surface area contributed by atoms with Crippen molar-refractivity contribution in [3.05, 3.63) is 12.2 Å². The van der Waals surface area contributed by atoms with E-state index in [2.05, 4.69) is 6.08 Å². The van der Waals surface area contributed by atoms with Crippen LogP contribution < -0.4 is 0 Å². The van der Waals surface area contributed by atoms with Gasteiger partial charge in [-0.15, -0.1) is 11.8 Å². The van der Waals surface area contributed by atoms with Crippen LogP contribution in [0, 0.1) is 0 Å². The Morgan fingerprint density at radius 3 is 2.75 bits per heavy atom. The molecule has 0 aliphatic heterocycles. The maximum absolute atomic E-state index is 4.84. The van der Waals surface area contributed by atoms with Gasteiger partial charge in [0.2, 0.25) is 0 Å². The molecule has 46 valence electrons. The van der Waals surface area contributed by atoms with Crippen LogP contribution in [0.1, 0.15) is 13.8 Å². The molecule has 0 saturated carbocycles. The second kappa shape index (κ2) is 5.32. The molecule has 0 aliphatic carbocycles. The normalized spacial score (nSPS) is 10.2. The molecule has 0 radical (unpaired) electrons. The number of hydrogen-bond donors (Lipinski definition) is 0. The Bertz CT molecular complexity index is 94.7. The Hall–Kier alpha value is 0.180. The standard InChI is InChI=1S/C6H10S2/c1-3-4-5-8-6(2)7/h3-4H,5H2,1-2H3/b4-3+. The van der Waals surface area contributed by atoms with Gasteiger partial charge in [-0.3, -0.25) is 0 Å². The smallest absolute Gasteiger partial charge is 0.0450 e. The summed E-state index contributed by atoms with van der Waals surface area (Å²) >= 11 is 6.54. The van der Waals surface area contributed by atoms with Crippen LogP contribution in [0.25, 0.3) is 0 Å². The van der Waals surface area contributed by atoms with E-state index in [4.69, 9.17) is 12.2 Å². The zero-order valence-corrected chi connectivity index (χ0v) is 6.81. The van der Waals surface area contributed by atoms with Gasteiger partial charge in [0.1, 0.15) is 0 Å². The minimum Gasteiger partial charge on any atom is -0.115 e. The van der Waals surface area contributed by atoms with Crippen molar-refractivity contribution in [3.63, 3.8) is 0 Å². The van der Waals surface area contributed by atoms with E-state index >= 15 is 0 Å². The van der Waals surface area contributed by atoms with Gasteiger partial charge in [-0.25, -0.2) is 0 Å². The van der Waals surface area contributed by atoms with Crippen LogP contribution in [0.4, 0.5) is 0 Å². The van der Waals surface area contributed by atoms with E-state index in [0.29, 0.717) is 0 Å². The second-order valence-electron chi connectivity index (χ2n) is 1.37. The minimum atomic E-state index is 1.02. The largest absolute Gasteiger partial charge is 0.115 e. The predicted molar refractivity (Wildman–Crippen MR) is 45.5 cm³/mol. The Kier molecular flexibility index (Phi) is 5.44. The van der Waals surface area contributed by atoms with E-state index in [-0.39, 0.29) is 0 Å². The molecule has 0 nitrogen and oxygen atoms in total. The van der Waals surface area contributed by atoms with Crippen molar-refractivity contribution in [3.8, 4) is 0 Å². The molecular weight excluding hydrogens is 136 g/mol. The van der Waals surface area contributed by atoms with Crippen molar-refractivity contribution in [1.29, 1.82) is 0 Å². The number of hydrogen-bond acceptors (Lipinski definition) is 2. The average molecular weight is 146 g/mol. The predicted octanol–water partition coefficient (Wildman–Crippen LogP) is 2.64. The summed E-state index contributed by atoms with van der Waals surface area (Å²) < 4.78 is 1.02. The van der Waals surface area contributed by atoms with Gasteiger partial charge in [0.15, 0.2) is 0 Å². The van der Waals surface area contributed by atoms with E-state index < -0.39 is 0 Å². The number of thioether (sulfide) groups is 1. The minimum absolute atomic E-state index is 1.02. The van der Waals surface area contributed by atoms with E-state index in [1.165, 1.54) is 0 Å². The lowest BCUT2D eigenvalue weighted by molar-refractivity contribution is 1.66. The molecule has 0 saturated heterocycles. The van der Waals surface area contributed by atoms with E-state index in [0.717, 1.165) is 9.95 Å². The third-order valence-electron chi connectivity index (χ3n) is 0.619. The molecule has 0 atom stereocenters. The Morgan fingerprint density at radius 1 is 1.75 bits per heavy atom. The van der Waals surface area contributed by atoms with Crippen molar-refractivity contribution >= 4 is 28.2 Å². The quantitative estimate of drug-likeness (QED) is 0.434. The van der Waals surface area contributed by atoms with Gasteiger partial charge in [-0.1, -0.05) is 24.4 Å². The number of rotatable bonds is 2. The molecule has 0 fully saturated rings. The second-order valence-corrected chi connectivity index (χ2v) is 3.48. The van der Waals surface area contributed by atoms with Crippen LogP contribution in [-0.4, -0.2) is 9.95 Å². The third kappa shape index (κ3) is 6.18. The summed E-state index contributed by atoms with van der Waals surface area (Å²) in [6.07, 6.45) is 4.13. The highest BCUT2D eigenvalue weighted by Crippen LogP contribution is 2.02. The average Bonchev–Trinajstić information content (AvgIpc) is 1.66. The first-order valence-electron chi connectivity index (χ1n) is 2.52. The number of thiocarbonyl (C=S) groups is 1. The van der Waals surface area contributed by atoms with Gasteiger partial charge in [0.25, 0.3) is 0 Å². The summed E-state index contributed by atoms with van der Waals surface area (Å²) in [5.74, 6) is 1.02. The highest BCUT2D eigenvalue weighted by Gasteiger charge is 1.81. The lowest BCUT2D eigenvalue weighted by Gasteiger charge is -1.87. The fourth-order valence-electron chi connectivity index (χ4n) is 0.262. The summed E-state index contributed by atoms with van der Waals surface area (Å²) in [5.41, 5.74) is 0. The summed E-state index contributed by atoms with van der Waals surface area (Å²) in [6, 6.07) is 0. The van der Waals surface area contributed by atoms with Crippen molar-refractivity contribution in [1.82, 2.24) is 0 Å². The van der Waals surface area contributed by atoms with Gasteiger partial charge >= 0.3 is 0 Å². The molecule has 0 bridgehead atoms. The molecule has 0 rings (SSSR count). The summed E-state index contributed by atoms with van der Waals surface area (Å²) in [5, 5.41) is 0. The van der Waals surface area contributed by atoms with Crippen LogP contribution >= 0.6 is 24.0 Å². The molecule has 0 N–H and O–H groups in total. The van der Waals surface area contributed by atoms with Crippen molar-refractivity contribution in [2.45, 2.75) is 13.8 Å². The zero-order valence-electron chi connectivity index (χ0n) is 5.18. The molecular formula is C6H10S2. The Labute approximate surface area is 60.4 Å². The lowest BCUT2D eigenvalue weighted by Crippen LogP contribution is -1.76. The van der Waals surface area contributed by atoms with Crippen molar-refractivity contribution in [2.75, 3.05) is 5.75 Å². The Morgan fingerprint density at radius 2 is 2.38 bits per heavy atom. The van der Waals surface area contributed by atoms with Crippen molar-refractivity contribution < 1.29 is 0 Å². The van der Waals surface area contributed by atoms with Gasteiger partial charge in [0, 0.05) is 9.95 Å². The van der Waals surface area contributed by atoms with E-state index in [1.807, 2.05) is 19.9 Å². The highest BCUT2D eigenvalue weighted by atomic mass is 32.2. The van der Waals surface area contributed by atoms with Crippen LogP contribution in [0.5, 0.6) is 0 Å². The first-order valence-corrected chi connectivity index (χ1v) is 3.91. The highest BCUT2D eigenvalue weighted by molar-refractivity contribution is 8.23. The zero-order chi connectivity index (χ0) is 6.41. The Balaban J connectivity index is 3.05. The van der Waals surface area contributed by atoms with Crippen LogP contribution in [0.3, 0.4) is 0 Å². The summed E-state index contributed by atoms with van der Waals surface area (Å²) in [6.45, 7) is 3.96. The van der Waals surface area contributed by atoms with E-state index in [9.17, 15) is 0 Å². The molecule has 8 heavy (non-hydrogen) atoms. The maximum Gasteiger partial charge on any atom is 0.0450 e. The van der Waals surface area contributed by atoms with Gasteiger partial charge < -0.3 is 0 Å². The SMILES string of the molecule is C/C=C/CSC(C)=S. The summed E-state index contributed by atoms with van der Waals surface area (Å²) in [4.78, 5) is 0. The van der Waals surface area contributed by atoms with Crippen molar-refractivity contribution in [2.24, 2.45) is 0 Å². The molecule has 0 aliphatic rings. The van der Waals surface area contributed by atoms with Gasteiger partial charge in [-0.05, 0) is 13.8 Å². The molecule has 0 amide bonds. The molecule has 0 unspecified atom stereocenters. The molecule has 2 heteroatoms. The van der Waals surface area contributed by atoms with Crippen LogP contribution in [0.2, 0.25) is 0 Å². The van der Waals surface area contributed by atoms with Crippen LogP contribution in [-0.2, 0) is 0 Å². The van der Waals surface area contributed by atoms with Gasteiger partial charge in [0.05, 0.1) is 0 Å². The monoisotopic (exact) mass is 146 g/mol. The third-order valence-corrected chi connectivity index (χ3v) is 1.74. The first-order chi connectivity index (χ1) is 3.77. The summed E-state index contributed by atoms with van der Waals surface area (Å²) in [7, 11) is 0.